The molecule has 2 aliphatic rings. The number of nitrogens with zero attached hydrogens (tertiary/aromatic N) is 3. The van der Waals surface area contributed by atoms with Crippen molar-refractivity contribution >= 4 is 12.0 Å². The Balaban J connectivity index is 1.66. The number of hydrogen-bond donors (Lipinski definition) is 0. The molecule has 2 amide bonds. The van der Waals surface area contributed by atoms with Gasteiger partial charge < -0.3 is 14.5 Å². The molecule has 2 saturated heterocycles. The number of piperidine rings is 1. The summed E-state index contributed by atoms with van der Waals surface area (Å²) in [7, 11) is 0. The summed E-state index contributed by atoms with van der Waals surface area (Å²) >= 11 is 0. The van der Waals surface area contributed by atoms with Crippen LogP contribution in [-0.4, -0.2) is 78.1 Å². The van der Waals surface area contributed by atoms with Crippen molar-refractivity contribution in [3.8, 4) is 0 Å². The second-order valence-electron chi connectivity index (χ2n) is 7.50. The highest BCUT2D eigenvalue weighted by Gasteiger charge is 2.26. The molecule has 0 aromatic rings. The van der Waals surface area contributed by atoms with E-state index >= 15 is 0 Å². The second-order valence-corrected chi connectivity index (χ2v) is 7.50. The number of amides is 2. The normalized spacial score (nSPS) is 20.5. The van der Waals surface area contributed by atoms with Gasteiger partial charge in [0.05, 0.1) is 0 Å². The van der Waals surface area contributed by atoms with Crippen molar-refractivity contribution < 1.29 is 14.3 Å². The fourth-order valence-electron chi connectivity index (χ4n) is 3.04. The Morgan fingerprint density at radius 1 is 0.870 bits per heavy atom. The van der Waals surface area contributed by atoms with Crippen molar-refractivity contribution in [1.82, 2.24) is 14.7 Å². The van der Waals surface area contributed by atoms with Crippen molar-refractivity contribution in [1.29, 1.82) is 0 Å². The molecule has 0 radical (unpaired) electrons. The molecule has 132 valence electrons. The third-order valence-corrected chi connectivity index (χ3v) is 4.37. The number of carbonyl (C=O) groups excluding carboxylic acids is 2. The Morgan fingerprint density at radius 3 is 2.04 bits per heavy atom. The van der Waals surface area contributed by atoms with Crippen LogP contribution in [0.5, 0.6) is 0 Å². The van der Waals surface area contributed by atoms with E-state index in [-0.39, 0.29) is 12.0 Å². The second kappa shape index (κ2) is 7.99. The lowest BCUT2D eigenvalue weighted by molar-refractivity contribution is -0.132. The molecule has 2 aliphatic heterocycles. The van der Waals surface area contributed by atoms with E-state index in [2.05, 4.69) is 4.90 Å². The first-order chi connectivity index (χ1) is 10.8. The largest absolute Gasteiger partial charge is 0.444 e. The lowest BCUT2D eigenvalue weighted by Gasteiger charge is -2.36. The van der Waals surface area contributed by atoms with Gasteiger partial charge in [0.2, 0.25) is 5.91 Å². The van der Waals surface area contributed by atoms with Gasteiger partial charge in [-0.15, -0.1) is 0 Å². The fraction of sp³-hybridized carbons (Fsp3) is 0.882. The van der Waals surface area contributed by atoms with Crippen LogP contribution in [-0.2, 0) is 9.53 Å². The van der Waals surface area contributed by atoms with Gasteiger partial charge in [0.15, 0.2) is 0 Å². The van der Waals surface area contributed by atoms with E-state index in [0.29, 0.717) is 19.5 Å². The van der Waals surface area contributed by atoms with E-state index in [1.54, 1.807) is 4.90 Å². The topological polar surface area (TPSA) is 53.1 Å². The zero-order valence-electron chi connectivity index (χ0n) is 14.8. The van der Waals surface area contributed by atoms with Gasteiger partial charge in [-0.25, -0.2) is 4.79 Å². The van der Waals surface area contributed by atoms with E-state index in [4.69, 9.17) is 4.74 Å². The van der Waals surface area contributed by atoms with E-state index in [9.17, 15) is 9.59 Å². The predicted molar refractivity (Wildman–Crippen MR) is 89.3 cm³/mol. The molecular weight excluding hydrogens is 294 g/mol. The van der Waals surface area contributed by atoms with Gasteiger partial charge in [-0.05, 0) is 40.0 Å². The molecule has 2 fully saturated rings. The van der Waals surface area contributed by atoms with E-state index in [1.165, 1.54) is 6.42 Å². The zero-order valence-corrected chi connectivity index (χ0v) is 14.8. The Morgan fingerprint density at radius 2 is 1.48 bits per heavy atom. The van der Waals surface area contributed by atoms with Crippen LogP contribution in [0.3, 0.4) is 0 Å². The van der Waals surface area contributed by atoms with Crippen molar-refractivity contribution in [3.63, 3.8) is 0 Å². The molecule has 2 heterocycles. The van der Waals surface area contributed by atoms with Crippen LogP contribution in [0.1, 0.15) is 46.5 Å². The highest BCUT2D eigenvalue weighted by atomic mass is 16.6. The molecule has 0 saturated carbocycles. The van der Waals surface area contributed by atoms with E-state index in [1.807, 2.05) is 25.7 Å². The first-order valence-electron chi connectivity index (χ1n) is 8.83. The van der Waals surface area contributed by atoms with Crippen LogP contribution in [0, 0.1) is 0 Å². The SMILES string of the molecule is CC(C)(C)OC(=O)N1CCN(CCC(=O)N2CCCCC2)CC1. The molecule has 0 aromatic heterocycles. The number of piperazine rings is 1. The third kappa shape index (κ3) is 6.01. The summed E-state index contributed by atoms with van der Waals surface area (Å²) in [6.07, 6.45) is 3.88. The lowest BCUT2D eigenvalue weighted by atomic mass is 10.1. The molecule has 0 atom stereocenters. The maximum Gasteiger partial charge on any atom is 0.410 e. The Kier molecular flexibility index (Phi) is 6.27. The molecule has 2 rings (SSSR count). The Hall–Kier alpha value is -1.30. The van der Waals surface area contributed by atoms with Gasteiger partial charge in [0.25, 0.3) is 0 Å². The summed E-state index contributed by atoms with van der Waals surface area (Å²) in [6.45, 7) is 11.3. The smallest absolute Gasteiger partial charge is 0.410 e. The van der Waals surface area contributed by atoms with Crippen molar-refractivity contribution in [2.45, 2.75) is 52.1 Å². The first kappa shape index (κ1) is 18.0. The van der Waals surface area contributed by atoms with Crippen LogP contribution in [0.4, 0.5) is 4.79 Å². The summed E-state index contributed by atoms with van der Waals surface area (Å²) in [5.74, 6) is 0.277. The van der Waals surface area contributed by atoms with Gasteiger partial charge in [-0.2, -0.15) is 0 Å². The summed E-state index contributed by atoms with van der Waals surface area (Å²) < 4.78 is 5.40. The summed E-state index contributed by atoms with van der Waals surface area (Å²) in [5, 5.41) is 0. The number of rotatable bonds is 3. The molecule has 0 bridgehead atoms. The highest BCUT2D eigenvalue weighted by Crippen LogP contribution is 2.13. The molecule has 0 aromatic carbocycles. The first-order valence-corrected chi connectivity index (χ1v) is 8.83. The van der Waals surface area contributed by atoms with Crippen LogP contribution >= 0.6 is 0 Å². The minimum Gasteiger partial charge on any atom is -0.444 e. The van der Waals surface area contributed by atoms with Gasteiger partial charge in [-0.1, -0.05) is 0 Å². The average molecular weight is 325 g/mol. The summed E-state index contributed by atoms with van der Waals surface area (Å²) in [4.78, 5) is 30.2. The minimum atomic E-state index is -0.449. The Bertz CT molecular complexity index is 406. The highest BCUT2D eigenvalue weighted by molar-refractivity contribution is 5.76. The van der Waals surface area contributed by atoms with Crippen molar-refractivity contribution in [3.05, 3.63) is 0 Å². The quantitative estimate of drug-likeness (QED) is 0.796. The van der Waals surface area contributed by atoms with Crippen LogP contribution in [0.25, 0.3) is 0 Å². The summed E-state index contributed by atoms with van der Waals surface area (Å²) in [5.41, 5.74) is -0.449. The number of carbonyl (C=O) groups is 2. The maximum absolute atomic E-state index is 12.2. The lowest BCUT2D eigenvalue weighted by Crippen LogP contribution is -2.50. The molecule has 0 N–H and O–H groups in total. The van der Waals surface area contributed by atoms with Gasteiger partial charge in [0.1, 0.15) is 5.60 Å². The molecule has 6 nitrogen and oxygen atoms in total. The molecule has 0 spiro atoms. The molecule has 23 heavy (non-hydrogen) atoms. The van der Waals surface area contributed by atoms with E-state index < -0.39 is 5.60 Å². The van der Waals surface area contributed by atoms with Crippen LogP contribution in [0.2, 0.25) is 0 Å². The number of ether oxygens (including phenoxy) is 1. The number of likely N-dealkylation sites (tertiary alicyclic amines) is 1. The molecule has 6 heteroatoms. The van der Waals surface area contributed by atoms with Gasteiger partial charge >= 0.3 is 6.09 Å². The van der Waals surface area contributed by atoms with Crippen molar-refractivity contribution in [2.75, 3.05) is 45.8 Å². The molecule has 0 unspecified atom stereocenters. The standard InChI is InChI=1S/C17H31N3O3/c1-17(2,3)23-16(22)20-13-11-18(12-14-20)10-7-15(21)19-8-5-4-6-9-19/h4-14H2,1-3H3. The minimum absolute atomic E-state index is 0.235. The fourth-order valence-corrected chi connectivity index (χ4v) is 3.04. The van der Waals surface area contributed by atoms with Gasteiger partial charge in [-0.3, -0.25) is 9.69 Å². The van der Waals surface area contributed by atoms with Crippen LogP contribution in [0.15, 0.2) is 0 Å². The predicted octanol–water partition coefficient (Wildman–Crippen LogP) is 1.94. The van der Waals surface area contributed by atoms with E-state index in [0.717, 1.165) is 45.6 Å². The average Bonchev–Trinajstić information content (AvgIpc) is 2.52. The zero-order chi connectivity index (χ0) is 16.9. The third-order valence-electron chi connectivity index (χ3n) is 4.37. The monoisotopic (exact) mass is 325 g/mol. The number of hydrogen-bond acceptors (Lipinski definition) is 4. The van der Waals surface area contributed by atoms with Crippen molar-refractivity contribution in [2.24, 2.45) is 0 Å². The van der Waals surface area contributed by atoms with Crippen LogP contribution < -0.4 is 0 Å². The molecular formula is C17H31N3O3. The summed E-state index contributed by atoms with van der Waals surface area (Å²) in [6, 6.07) is 0. The Labute approximate surface area is 139 Å². The van der Waals surface area contributed by atoms with Gasteiger partial charge in [0, 0.05) is 52.2 Å². The maximum atomic E-state index is 12.2. The molecule has 0 aliphatic carbocycles.